The summed E-state index contributed by atoms with van der Waals surface area (Å²) in [4.78, 5) is 31.6. The lowest BCUT2D eigenvalue weighted by molar-refractivity contribution is -0.147. The molecule has 3 heterocycles. The first-order valence-electron chi connectivity index (χ1n) is 9.20. The number of hydrogen-bond donors (Lipinski definition) is 0. The second-order valence-electron chi connectivity index (χ2n) is 7.06. The number of fused-ring (bicyclic) bond motifs is 1. The number of likely N-dealkylation sites (tertiary alicyclic amines) is 1. The van der Waals surface area contributed by atoms with Crippen LogP contribution in [-0.4, -0.2) is 57.0 Å². The molecule has 4 rings (SSSR count). The molecule has 148 valence electrons. The summed E-state index contributed by atoms with van der Waals surface area (Å²) >= 11 is 4.95. The van der Waals surface area contributed by atoms with Gasteiger partial charge in [-0.1, -0.05) is 39.8 Å². The van der Waals surface area contributed by atoms with Crippen LogP contribution in [0.5, 0.6) is 0 Å². The summed E-state index contributed by atoms with van der Waals surface area (Å²) in [7, 11) is 1.43. The molecule has 1 fully saturated rings. The number of hydrogen-bond acceptors (Lipinski definition) is 7. The lowest BCUT2D eigenvalue weighted by atomic mass is 9.93. The lowest BCUT2D eigenvalue weighted by Crippen LogP contribution is -2.44. The smallest absolute Gasteiger partial charge is 0.308 e. The Morgan fingerprint density at radius 3 is 2.57 bits per heavy atom. The van der Waals surface area contributed by atoms with E-state index in [2.05, 4.69) is 43.0 Å². The zero-order valence-corrected chi connectivity index (χ0v) is 18.1. The number of aryl methyl sites for hydroxylation is 1. The predicted molar refractivity (Wildman–Crippen MR) is 108 cm³/mol. The van der Waals surface area contributed by atoms with Crippen molar-refractivity contribution in [2.75, 3.05) is 20.2 Å². The molecule has 0 spiro atoms. The lowest BCUT2D eigenvalue weighted by Gasteiger charge is -2.38. The van der Waals surface area contributed by atoms with Crippen LogP contribution in [0.15, 0.2) is 33.9 Å². The highest BCUT2D eigenvalue weighted by Crippen LogP contribution is 2.42. The number of thioether (sulfide) groups is 1. The quantitative estimate of drug-likeness (QED) is 0.643. The van der Waals surface area contributed by atoms with Crippen molar-refractivity contribution < 1.29 is 14.3 Å². The van der Waals surface area contributed by atoms with Gasteiger partial charge in [0.15, 0.2) is 5.16 Å². The summed E-state index contributed by atoms with van der Waals surface area (Å²) in [5.74, 6) is 0.349. The van der Waals surface area contributed by atoms with Gasteiger partial charge in [0, 0.05) is 4.47 Å². The highest BCUT2D eigenvalue weighted by atomic mass is 79.9. The van der Waals surface area contributed by atoms with Crippen molar-refractivity contribution in [3.05, 3.63) is 40.1 Å². The fraction of sp³-hybridized carbons (Fsp3) is 0.474. The van der Waals surface area contributed by atoms with Gasteiger partial charge in [-0.2, -0.15) is 4.68 Å². The SMILES string of the molecule is COC(=O)C1CCN(C(c2ccc(Br)cc2)C2Sc3nc(C)nn3C2=O)CC1. The van der Waals surface area contributed by atoms with E-state index >= 15 is 0 Å². The van der Waals surface area contributed by atoms with E-state index in [0.717, 1.165) is 36.0 Å². The van der Waals surface area contributed by atoms with E-state index in [1.807, 2.05) is 12.1 Å². The minimum Gasteiger partial charge on any atom is -0.469 e. The third kappa shape index (κ3) is 3.62. The van der Waals surface area contributed by atoms with Crippen molar-refractivity contribution in [1.82, 2.24) is 19.7 Å². The Kier molecular flexibility index (Phi) is 5.57. The van der Waals surface area contributed by atoms with Crippen LogP contribution >= 0.6 is 27.7 Å². The van der Waals surface area contributed by atoms with Crippen LogP contribution in [0, 0.1) is 12.8 Å². The molecule has 28 heavy (non-hydrogen) atoms. The number of methoxy groups -OCH3 is 1. The van der Waals surface area contributed by atoms with E-state index in [1.165, 1.54) is 23.6 Å². The zero-order valence-electron chi connectivity index (χ0n) is 15.7. The Morgan fingerprint density at radius 2 is 1.96 bits per heavy atom. The van der Waals surface area contributed by atoms with Crippen molar-refractivity contribution in [3.63, 3.8) is 0 Å². The van der Waals surface area contributed by atoms with Crippen LogP contribution in [-0.2, 0) is 9.53 Å². The minimum absolute atomic E-state index is 0.0383. The van der Waals surface area contributed by atoms with E-state index in [0.29, 0.717) is 11.0 Å². The van der Waals surface area contributed by atoms with Gasteiger partial charge in [0.2, 0.25) is 0 Å². The number of ether oxygens (including phenoxy) is 1. The number of carbonyl (C=O) groups excluding carboxylic acids is 2. The number of rotatable bonds is 4. The van der Waals surface area contributed by atoms with Gasteiger partial charge < -0.3 is 4.74 Å². The molecule has 2 unspecified atom stereocenters. The van der Waals surface area contributed by atoms with Gasteiger partial charge in [-0.15, -0.1) is 5.10 Å². The van der Waals surface area contributed by atoms with Crippen LogP contribution in [0.2, 0.25) is 0 Å². The number of piperidine rings is 1. The second kappa shape index (κ2) is 7.96. The molecule has 2 aliphatic heterocycles. The molecular weight excluding hydrogens is 444 g/mol. The molecule has 2 atom stereocenters. The number of nitrogens with zero attached hydrogens (tertiary/aromatic N) is 4. The van der Waals surface area contributed by atoms with E-state index in [9.17, 15) is 9.59 Å². The molecule has 0 N–H and O–H groups in total. The molecule has 0 radical (unpaired) electrons. The fourth-order valence-corrected chi connectivity index (χ4v) is 5.48. The van der Waals surface area contributed by atoms with E-state index in [4.69, 9.17) is 4.74 Å². The molecule has 0 aliphatic carbocycles. The Balaban J connectivity index is 1.61. The highest BCUT2D eigenvalue weighted by Gasteiger charge is 2.44. The van der Waals surface area contributed by atoms with Crippen LogP contribution in [0.25, 0.3) is 0 Å². The van der Waals surface area contributed by atoms with Crippen molar-refractivity contribution >= 4 is 39.6 Å². The first-order valence-corrected chi connectivity index (χ1v) is 10.9. The monoisotopic (exact) mass is 464 g/mol. The van der Waals surface area contributed by atoms with Gasteiger partial charge >= 0.3 is 5.97 Å². The van der Waals surface area contributed by atoms with Crippen LogP contribution in [0.4, 0.5) is 0 Å². The molecule has 0 bridgehead atoms. The largest absolute Gasteiger partial charge is 0.469 e. The van der Waals surface area contributed by atoms with Gasteiger partial charge in [0.25, 0.3) is 5.91 Å². The first-order chi connectivity index (χ1) is 13.5. The topological polar surface area (TPSA) is 77.3 Å². The molecule has 7 nitrogen and oxygen atoms in total. The van der Waals surface area contributed by atoms with Crippen molar-refractivity contribution in [2.24, 2.45) is 5.92 Å². The number of benzene rings is 1. The van der Waals surface area contributed by atoms with E-state index < -0.39 is 0 Å². The second-order valence-corrected chi connectivity index (χ2v) is 9.08. The highest BCUT2D eigenvalue weighted by molar-refractivity contribution is 9.10. The van der Waals surface area contributed by atoms with Gasteiger partial charge in [0.05, 0.1) is 19.1 Å². The average molecular weight is 465 g/mol. The fourth-order valence-electron chi connectivity index (χ4n) is 3.92. The first kappa shape index (κ1) is 19.6. The maximum atomic E-state index is 13.1. The Labute approximate surface area is 176 Å². The Bertz CT molecular complexity index is 893. The summed E-state index contributed by atoms with van der Waals surface area (Å²) < 4.78 is 7.33. The Hall–Kier alpha value is -1.71. The molecule has 0 saturated carbocycles. The molecule has 1 aromatic heterocycles. The summed E-state index contributed by atoms with van der Waals surface area (Å²) in [5.41, 5.74) is 1.08. The third-order valence-electron chi connectivity index (χ3n) is 5.32. The molecule has 0 amide bonds. The number of aromatic nitrogens is 3. The van der Waals surface area contributed by atoms with Crippen molar-refractivity contribution in [2.45, 2.75) is 36.2 Å². The standard InChI is InChI=1S/C19H21BrN4O3S/c1-11-21-19-24(22-11)17(25)16(28-19)15(12-3-5-14(20)6-4-12)23-9-7-13(8-10-23)18(26)27-2/h3-6,13,15-16H,7-10H2,1-2H3. The Morgan fingerprint density at radius 1 is 1.29 bits per heavy atom. The number of esters is 1. The van der Waals surface area contributed by atoms with Crippen molar-refractivity contribution in [3.8, 4) is 0 Å². The molecule has 1 saturated heterocycles. The maximum absolute atomic E-state index is 13.1. The van der Waals surface area contributed by atoms with Gasteiger partial charge in [-0.3, -0.25) is 14.5 Å². The van der Waals surface area contributed by atoms with Crippen molar-refractivity contribution in [1.29, 1.82) is 0 Å². The number of halogens is 1. The van der Waals surface area contributed by atoms with Gasteiger partial charge in [-0.05, 0) is 50.6 Å². The molecule has 1 aromatic carbocycles. The average Bonchev–Trinajstić information content (AvgIpc) is 3.21. The molecule has 2 aliphatic rings. The predicted octanol–water partition coefficient (Wildman–Crippen LogP) is 3.09. The third-order valence-corrected chi connectivity index (χ3v) is 7.04. The minimum atomic E-state index is -0.313. The van der Waals surface area contributed by atoms with Crippen LogP contribution in [0.3, 0.4) is 0 Å². The molecule has 2 aromatic rings. The summed E-state index contributed by atoms with van der Waals surface area (Å²) in [6.07, 6.45) is 1.46. The van der Waals surface area contributed by atoms with E-state index in [-0.39, 0.29) is 29.1 Å². The van der Waals surface area contributed by atoms with Gasteiger partial charge in [-0.25, -0.2) is 4.98 Å². The normalized spacial score (nSPS) is 21.5. The summed E-state index contributed by atoms with van der Waals surface area (Å²) in [6, 6.07) is 7.99. The van der Waals surface area contributed by atoms with Crippen LogP contribution in [0.1, 0.15) is 35.1 Å². The summed E-state index contributed by atoms with van der Waals surface area (Å²) in [5, 5.41) is 4.59. The van der Waals surface area contributed by atoms with E-state index in [1.54, 1.807) is 6.92 Å². The number of carbonyl (C=O) groups is 2. The van der Waals surface area contributed by atoms with Gasteiger partial charge in [0.1, 0.15) is 11.1 Å². The molecule has 9 heteroatoms. The summed E-state index contributed by atoms with van der Waals surface area (Å²) in [6.45, 7) is 3.26. The maximum Gasteiger partial charge on any atom is 0.308 e. The zero-order chi connectivity index (χ0) is 19.8. The van der Waals surface area contributed by atoms with Crippen LogP contribution < -0.4 is 0 Å². The molecular formula is C19H21BrN4O3S.